The molecule has 4 heterocycles. The predicted molar refractivity (Wildman–Crippen MR) is 176 cm³/mol. The van der Waals surface area contributed by atoms with E-state index in [4.69, 9.17) is 37.7 Å². The summed E-state index contributed by atoms with van der Waals surface area (Å²) in [6.45, 7) is 1.32. The van der Waals surface area contributed by atoms with Crippen LogP contribution < -0.4 is 5.32 Å². The van der Waals surface area contributed by atoms with E-state index in [1.807, 2.05) is 30.3 Å². The summed E-state index contributed by atoms with van der Waals surface area (Å²) in [6.07, 6.45) is 0. The van der Waals surface area contributed by atoms with Crippen molar-refractivity contribution < 1.29 is 23.5 Å². The molecular weight excluding hydrogens is 642 g/mol. The number of halogens is 3. The third-order valence-electron chi connectivity index (χ3n) is 9.90. The average Bonchev–Trinajstić information content (AvgIpc) is 3.75. The van der Waals surface area contributed by atoms with Gasteiger partial charge in [-0.1, -0.05) is 65.7 Å². The lowest BCUT2D eigenvalue weighted by atomic mass is 9.71. The highest BCUT2D eigenvalue weighted by atomic mass is 35.5. The number of ether oxygens (including phenoxy) is 2. The zero-order valence-corrected chi connectivity index (χ0v) is 27.0. The molecule has 238 valence electrons. The summed E-state index contributed by atoms with van der Waals surface area (Å²) in [5.41, 5.74) is 4.13. The number of aromatic nitrogens is 2. The van der Waals surface area contributed by atoms with Gasteiger partial charge in [-0.05, 0) is 53.1 Å². The Balaban J connectivity index is 1.39. The fourth-order valence-corrected chi connectivity index (χ4v) is 8.52. The third kappa shape index (κ3) is 4.37. The molecule has 0 bridgehead atoms. The van der Waals surface area contributed by atoms with Gasteiger partial charge < -0.3 is 19.4 Å². The Bertz CT molecular complexity index is 2120. The second-order valence-corrected chi connectivity index (χ2v) is 13.1. The van der Waals surface area contributed by atoms with Gasteiger partial charge in [0.25, 0.3) is 0 Å². The molecule has 1 fully saturated rings. The zero-order valence-electron chi connectivity index (χ0n) is 25.5. The number of hydrogen-bond acceptors (Lipinski definition) is 6. The molecular formula is C36H29Cl2FN4O4. The maximum atomic E-state index is 16.4. The number of esters is 1. The maximum Gasteiger partial charge on any atom is 0.337 e. The molecule has 11 heteroatoms. The van der Waals surface area contributed by atoms with E-state index in [9.17, 15) is 9.59 Å². The number of benzene rings is 4. The number of rotatable bonds is 6. The average molecular weight is 672 g/mol. The van der Waals surface area contributed by atoms with Gasteiger partial charge in [-0.15, -0.1) is 0 Å². The molecule has 3 aliphatic heterocycles. The molecule has 3 aliphatic rings. The molecule has 0 aliphatic carbocycles. The highest BCUT2D eigenvalue weighted by Crippen LogP contribution is 2.64. The van der Waals surface area contributed by atoms with Gasteiger partial charge in [0.15, 0.2) is 0 Å². The van der Waals surface area contributed by atoms with Crippen LogP contribution in [0, 0.1) is 5.82 Å². The Kier molecular flexibility index (Phi) is 7.14. The standard InChI is InChI=1S/C36H29Cl2FN4O4/c1-46-18-20-6-3-5-19(13-20)16-43-29-17-42-28-12-9-21(34(44)47-2)14-27(28)40-33(42)30(29)31(23-7-4-8-25(38)32(23)39)36(43)24-11-10-22(37)15-26(24)41-35(36)45/h3-15,29-31H,16-18H2,1-2H3,(H,41,45)/t29-,30+,31-,36+/m0/s1. The maximum absolute atomic E-state index is 16.4. The summed E-state index contributed by atoms with van der Waals surface area (Å²) in [6, 6.07) is 23.4. The van der Waals surface area contributed by atoms with Crippen LogP contribution in [-0.4, -0.2) is 46.6 Å². The smallest absolute Gasteiger partial charge is 0.337 e. The topological polar surface area (TPSA) is 85.7 Å². The summed E-state index contributed by atoms with van der Waals surface area (Å²) in [4.78, 5) is 34.4. The lowest BCUT2D eigenvalue weighted by Gasteiger charge is -2.40. The quantitative estimate of drug-likeness (QED) is 0.195. The Morgan fingerprint density at radius 1 is 1.04 bits per heavy atom. The molecule has 1 spiro atoms. The van der Waals surface area contributed by atoms with E-state index in [1.165, 1.54) is 13.2 Å². The minimum absolute atomic E-state index is 0.0242. The van der Waals surface area contributed by atoms with Crippen LogP contribution in [0.15, 0.2) is 78.9 Å². The number of carbonyl (C=O) groups excluding carboxylic acids is 2. The van der Waals surface area contributed by atoms with Crippen LogP contribution in [0.2, 0.25) is 10.0 Å². The van der Waals surface area contributed by atoms with Gasteiger partial charge in [0, 0.05) is 54.4 Å². The molecule has 0 unspecified atom stereocenters. The van der Waals surface area contributed by atoms with Crippen molar-refractivity contribution in [3.8, 4) is 0 Å². The lowest BCUT2D eigenvalue weighted by Crippen LogP contribution is -2.52. The van der Waals surface area contributed by atoms with E-state index < -0.39 is 29.2 Å². The van der Waals surface area contributed by atoms with E-state index in [0.29, 0.717) is 52.9 Å². The molecule has 8 rings (SSSR count). The fourth-order valence-electron chi connectivity index (χ4n) is 8.16. The van der Waals surface area contributed by atoms with Crippen LogP contribution in [0.5, 0.6) is 0 Å². The Hall–Kier alpha value is -4.28. The minimum Gasteiger partial charge on any atom is -0.465 e. The summed E-state index contributed by atoms with van der Waals surface area (Å²) >= 11 is 12.9. The predicted octanol–water partition coefficient (Wildman–Crippen LogP) is 7.03. The molecule has 0 radical (unpaired) electrons. The van der Waals surface area contributed by atoms with Crippen molar-refractivity contribution in [3.05, 3.63) is 128 Å². The molecule has 8 nitrogen and oxygen atoms in total. The summed E-state index contributed by atoms with van der Waals surface area (Å²) in [5, 5.41) is 3.55. The lowest BCUT2D eigenvalue weighted by molar-refractivity contribution is -0.128. The van der Waals surface area contributed by atoms with Crippen molar-refractivity contribution >= 4 is 51.8 Å². The van der Waals surface area contributed by atoms with Gasteiger partial charge in [-0.25, -0.2) is 14.2 Å². The number of methoxy groups -OCH3 is 2. The number of imidazole rings is 1. The first-order valence-corrected chi connectivity index (χ1v) is 16.0. The number of nitrogens with zero attached hydrogens (tertiary/aromatic N) is 3. The third-order valence-corrected chi connectivity index (χ3v) is 10.4. The molecule has 47 heavy (non-hydrogen) atoms. The van der Waals surface area contributed by atoms with Crippen molar-refractivity contribution in [2.75, 3.05) is 19.5 Å². The van der Waals surface area contributed by atoms with Crippen LogP contribution in [-0.2, 0) is 39.5 Å². The van der Waals surface area contributed by atoms with Crippen molar-refractivity contribution in [1.82, 2.24) is 14.5 Å². The number of likely N-dealkylation sites (tertiary alicyclic amines) is 1. The van der Waals surface area contributed by atoms with Gasteiger partial charge in [-0.2, -0.15) is 0 Å². The van der Waals surface area contributed by atoms with Gasteiger partial charge in [0.1, 0.15) is 17.2 Å². The Morgan fingerprint density at radius 2 is 1.85 bits per heavy atom. The fraction of sp³-hybridized carbons (Fsp3) is 0.250. The Morgan fingerprint density at radius 3 is 2.66 bits per heavy atom. The monoisotopic (exact) mass is 670 g/mol. The number of carbonyl (C=O) groups is 2. The van der Waals surface area contributed by atoms with Crippen LogP contribution in [0.25, 0.3) is 11.0 Å². The molecule has 1 amide bonds. The summed E-state index contributed by atoms with van der Waals surface area (Å²) in [7, 11) is 2.99. The van der Waals surface area contributed by atoms with Crippen molar-refractivity contribution in [1.29, 1.82) is 0 Å². The van der Waals surface area contributed by atoms with E-state index in [0.717, 1.165) is 22.2 Å². The largest absolute Gasteiger partial charge is 0.465 e. The van der Waals surface area contributed by atoms with Crippen molar-refractivity contribution in [2.45, 2.75) is 43.1 Å². The van der Waals surface area contributed by atoms with Gasteiger partial charge >= 0.3 is 5.97 Å². The summed E-state index contributed by atoms with van der Waals surface area (Å²) in [5.74, 6) is -1.74. The first-order chi connectivity index (χ1) is 22.8. The van der Waals surface area contributed by atoms with Crippen LogP contribution in [0.1, 0.15) is 50.3 Å². The van der Waals surface area contributed by atoms with Crippen LogP contribution >= 0.6 is 23.2 Å². The molecule has 4 atom stereocenters. The molecule has 1 saturated heterocycles. The molecule has 0 saturated carbocycles. The SMILES string of the molecule is COCc1cccc(CN2[C@H]3Cn4c(nc5cc(C(=O)OC)ccc54)[C@H]3[C@H](c3cccc(Cl)c3F)[C@]23C(=O)Nc2cc(Cl)ccc23)c1. The first-order valence-electron chi connectivity index (χ1n) is 15.2. The van der Waals surface area contributed by atoms with Gasteiger partial charge in [0.05, 0.1) is 35.3 Å². The zero-order chi connectivity index (χ0) is 32.6. The second kappa shape index (κ2) is 11.2. The molecule has 5 aromatic rings. The van der Waals surface area contributed by atoms with Crippen LogP contribution in [0.4, 0.5) is 10.1 Å². The number of anilines is 1. The highest BCUT2D eigenvalue weighted by Gasteiger charge is 2.69. The molecule has 1 aromatic heterocycles. The Labute approximate surface area is 280 Å². The van der Waals surface area contributed by atoms with E-state index in [1.54, 1.807) is 43.5 Å². The number of hydrogen-bond donors (Lipinski definition) is 1. The normalized spacial score (nSPS) is 22.8. The summed E-state index contributed by atoms with van der Waals surface area (Å²) < 4.78 is 28.8. The minimum atomic E-state index is -1.33. The van der Waals surface area contributed by atoms with E-state index in [-0.39, 0.29) is 17.0 Å². The molecule has 4 aromatic carbocycles. The van der Waals surface area contributed by atoms with Crippen molar-refractivity contribution in [3.63, 3.8) is 0 Å². The van der Waals surface area contributed by atoms with E-state index in [2.05, 4.69) is 20.9 Å². The van der Waals surface area contributed by atoms with Crippen LogP contribution in [0.3, 0.4) is 0 Å². The number of amides is 1. The molecule has 1 N–H and O–H groups in total. The number of fused-ring (bicyclic) bond motifs is 7. The second-order valence-electron chi connectivity index (χ2n) is 12.3. The highest BCUT2D eigenvalue weighted by molar-refractivity contribution is 6.31. The first kappa shape index (κ1) is 30.1. The van der Waals surface area contributed by atoms with Gasteiger partial charge in [0.2, 0.25) is 5.91 Å². The van der Waals surface area contributed by atoms with Gasteiger partial charge in [-0.3, -0.25) is 9.69 Å². The van der Waals surface area contributed by atoms with E-state index >= 15 is 4.39 Å². The number of nitrogens with one attached hydrogen (secondary N) is 1. The van der Waals surface area contributed by atoms with Crippen molar-refractivity contribution in [2.24, 2.45) is 0 Å².